The number of ketones is 1. The van der Waals surface area contributed by atoms with Gasteiger partial charge < -0.3 is 5.32 Å². The van der Waals surface area contributed by atoms with Gasteiger partial charge in [0.15, 0.2) is 10.1 Å². The second-order valence-electron chi connectivity index (χ2n) is 5.42. The van der Waals surface area contributed by atoms with E-state index in [0.717, 1.165) is 26.2 Å². The molecule has 0 fully saturated rings. The number of aryl methyl sites for hydroxylation is 3. The maximum atomic E-state index is 12.7. The van der Waals surface area contributed by atoms with E-state index in [0.29, 0.717) is 6.54 Å². The minimum absolute atomic E-state index is 0.131. The van der Waals surface area contributed by atoms with Crippen LogP contribution in [0.4, 0.5) is 5.13 Å². The molecule has 0 bridgehead atoms. The Morgan fingerprint density at radius 3 is 2.70 bits per heavy atom. The first-order valence-corrected chi connectivity index (χ1v) is 9.09. The average molecular weight is 348 g/mol. The number of carbonyl (C=O) groups is 1. The molecule has 4 nitrogen and oxygen atoms in total. The number of benzene rings is 1. The van der Waals surface area contributed by atoms with Crippen LogP contribution in [-0.4, -0.2) is 27.8 Å². The third-order valence-electron chi connectivity index (χ3n) is 3.56. The zero-order valence-electron chi connectivity index (χ0n) is 13.8. The molecule has 0 unspecified atom stereocenters. The lowest BCUT2D eigenvalue weighted by molar-refractivity contribution is 0.0993. The molecule has 1 heterocycles. The molecular weight excluding hydrogens is 326 g/mol. The Morgan fingerprint density at radius 2 is 2.00 bits per heavy atom. The van der Waals surface area contributed by atoms with Crippen LogP contribution < -0.4 is 5.32 Å². The number of hydrogen-bond donors (Lipinski definition) is 1. The summed E-state index contributed by atoms with van der Waals surface area (Å²) in [6.45, 7) is 12.3. The van der Waals surface area contributed by atoms with E-state index in [1.807, 2.05) is 26.8 Å². The highest BCUT2D eigenvalue weighted by molar-refractivity contribution is 8.02. The van der Waals surface area contributed by atoms with Gasteiger partial charge in [-0.2, -0.15) is 0 Å². The molecule has 0 aliphatic heterocycles. The number of aromatic nitrogens is 2. The summed E-state index contributed by atoms with van der Waals surface area (Å²) in [4.78, 5) is 12.7. The van der Waals surface area contributed by atoms with Crippen molar-refractivity contribution in [3.05, 3.63) is 47.0 Å². The van der Waals surface area contributed by atoms with Crippen LogP contribution in [0.3, 0.4) is 0 Å². The number of thioether (sulfide) groups is 1. The van der Waals surface area contributed by atoms with Gasteiger partial charge in [-0.3, -0.25) is 4.79 Å². The van der Waals surface area contributed by atoms with Crippen LogP contribution in [0.15, 0.2) is 29.1 Å². The van der Waals surface area contributed by atoms with E-state index < -0.39 is 0 Å². The summed E-state index contributed by atoms with van der Waals surface area (Å²) in [6, 6.07) is 4.06. The molecule has 2 rings (SSSR count). The topological polar surface area (TPSA) is 54.9 Å². The van der Waals surface area contributed by atoms with Crippen molar-refractivity contribution in [2.75, 3.05) is 11.9 Å². The van der Waals surface area contributed by atoms with Crippen molar-refractivity contribution >= 4 is 34.0 Å². The molecule has 0 saturated carbocycles. The first kappa shape index (κ1) is 17.7. The molecule has 23 heavy (non-hydrogen) atoms. The highest BCUT2D eigenvalue weighted by atomic mass is 32.2. The lowest BCUT2D eigenvalue weighted by atomic mass is 9.97. The van der Waals surface area contributed by atoms with Crippen LogP contribution >= 0.6 is 23.1 Å². The molecule has 0 radical (unpaired) electrons. The highest BCUT2D eigenvalue weighted by Gasteiger charge is 2.20. The Balaban J connectivity index is 2.09. The number of nitrogens with zero attached hydrogens (tertiary/aromatic N) is 2. The van der Waals surface area contributed by atoms with Crippen LogP contribution in [-0.2, 0) is 0 Å². The molecule has 0 aliphatic rings. The van der Waals surface area contributed by atoms with E-state index in [-0.39, 0.29) is 11.0 Å². The molecule has 6 heteroatoms. The van der Waals surface area contributed by atoms with E-state index in [1.54, 1.807) is 6.08 Å². The molecule has 122 valence electrons. The molecule has 1 N–H and O–H groups in total. The van der Waals surface area contributed by atoms with E-state index in [2.05, 4.69) is 35.1 Å². The third kappa shape index (κ3) is 4.42. The summed E-state index contributed by atoms with van der Waals surface area (Å²) in [5, 5.41) is 11.8. The van der Waals surface area contributed by atoms with Crippen molar-refractivity contribution in [3.8, 4) is 0 Å². The van der Waals surface area contributed by atoms with E-state index in [4.69, 9.17) is 0 Å². The zero-order chi connectivity index (χ0) is 17.0. The molecule has 2 aromatic rings. The van der Waals surface area contributed by atoms with Crippen LogP contribution in [0, 0.1) is 20.8 Å². The van der Waals surface area contributed by atoms with Gasteiger partial charge in [-0.25, -0.2) is 0 Å². The third-order valence-corrected chi connectivity index (χ3v) is 5.62. The Morgan fingerprint density at radius 1 is 1.30 bits per heavy atom. The monoisotopic (exact) mass is 347 g/mol. The van der Waals surface area contributed by atoms with Crippen LogP contribution in [0.5, 0.6) is 0 Å². The van der Waals surface area contributed by atoms with Gasteiger partial charge >= 0.3 is 0 Å². The summed E-state index contributed by atoms with van der Waals surface area (Å²) in [6.07, 6.45) is 1.77. The number of nitrogens with one attached hydrogen (secondary N) is 1. The maximum absolute atomic E-state index is 12.7. The summed E-state index contributed by atoms with van der Waals surface area (Å²) >= 11 is 2.90. The van der Waals surface area contributed by atoms with Crippen molar-refractivity contribution in [1.82, 2.24) is 10.2 Å². The van der Waals surface area contributed by atoms with E-state index in [9.17, 15) is 4.79 Å². The lowest BCUT2D eigenvalue weighted by Gasteiger charge is -2.12. The van der Waals surface area contributed by atoms with Crippen molar-refractivity contribution in [2.45, 2.75) is 37.3 Å². The summed E-state index contributed by atoms with van der Waals surface area (Å²) in [7, 11) is 0. The standard InChI is InChI=1S/C17H21N3OS2/c1-6-7-18-16-19-20-17(23-16)22-13(5)15(21)14-9-11(3)10(2)8-12(14)4/h6,8-9,13H,1,7H2,2-5H3,(H,18,19)/t13-/m1/s1. The minimum atomic E-state index is -0.198. The van der Waals surface area contributed by atoms with Crippen molar-refractivity contribution in [3.63, 3.8) is 0 Å². The van der Waals surface area contributed by atoms with Gasteiger partial charge in [-0.05, 0) is 50.5 Å². The van der Waals surface area contributed by atoms with Gasteiger partial charge in [0.25, 0.3) is 0 Å². The Kier molecular flexibility index (Phi) is 5.96. The predicted octanol–water partition coefficient (Wildman–Crippen LogP) is 4.42. The van der Waals surface area contributed by atoms with Crippen molar-refractivity contribution < 1.29 is 4.79 Å². The average Bonchev–Trinajstić information content (AvgIpc) is 2.95. The number of hydrogen-bond acceptors (Lipinski definition) is 6. The SMILES string of the molecule is C=CCNc1nnc(S[C@H](C)C(=O)c2cc(C)c(C)cc2C)s1. The molecular formula is C17H21N3OS2. The number of carbonyl (C=O) groups excluding carboxylic acids is 1. The van der Waals surface area contributed by atoms with E-state index >= 15 is 0 Å². The zero-order valence-corrected chi connectivity index (χ0v) is 15.5. The molecule has 0 aliphatic carbocycles. The Labute approximate surface area is 145 Å². The van der Waals surface area contributed by atoms with Gasteiger partial charge in [0, 0.05) is 12.1 Å². The summed E-state index contributed by atoms with van der Waals surface area (Å²) in [5.41, 5.74) is 4.17. The molecule has 1 aromatic carbocycles. The second-order valence-corrected chi connectivity index (χ2v) is 7.98. The van der Waals surface area contributed by atoms with Gasteiger partial charge in [0.1, 0.15) is 0 Å². The lowest BCUT2D eigenvalue weighted by Crippen LogP contribution is -2.15. The first-order chi connectivity index (χ1) is 10.9. The Bertz CT molecular complexity index is 725. The van der Waals surface area contributed by atoms with Gasteiger partial charge in [-0.1, -0.05) is 35.2 Å². The summed E-state index contributed by atoms with van der Waals surface area (Å²) in [5.74, 6) is 0.131. The minimum Gasteiger partial charge on any atom is -0.357 e. The fourth-order valence-corrected chi connectivity index (χ4v) is 4.11. The largest absolute Gasteiger partial charge is 0.357 e. The molecule has 0 saturated heterocycles. The number of rotatable bonds is 7. The van der Waals surface area contributed by atoms with E-state index in [1.165, 1.54) is 28.7 Å². The number of anilines is 1. The van der Waals surface area contributed by atoms with Crippen LogP contribution in [0.1, 0.15) is 34.0 Å². The highest BCUT2D eigenvalue weighted by Crippen LogP contribution is 2.31. The van der Waals surface area contributed by atoms with Gasteiger partial charge in [-0.15, -0.1) is 16.8 Å². The fraction of sp³-hybridized carbons (Fsp3) is 0.353. The van der Waals surface area contributed by atoms with Crippen LogP contribution in [0.25, 0.3) is 0 Å². The van der Waals surface area contributed by atoms with Gasteiger partial charge in [0.2, 0.25) is 5.13 Å². The summed E-state index contributed by atoms with van der Waals surface area (Å²) < 4.78 is 0.791. The number of Topliss-reactive ketones (excluding diaryl/α,β-unsaturated/α-hetero) is 1. The Hall–Kier alpha value is -1.66. The molecule has 1 aromatic heterocycles. The smallest absolute Gasteiger partial charge is 0.206 e. The normalized spacial score (nSPS) is 12.0. The van der Waals surface area contributed by atoms with Crippen molar-refractivity contribution in [1.29, 1.82) is 0 Å². The quantitative estimate of drug-likeness (QED) is 0.456. The first-order valence-electron chi connectivity index (χ1n) is 7.39. The predicted molar refractivity (Wildman–Crippen MR) is 98.9 cm³/mol. The van der Waals surface area contributed by atoms with Crippen LogP contribution in [0.2, 0.25) is 0 Å². The van der Waals surface area contributed by atoms with Crippen molar-refractivity contribution in [2.24, 2.45) is 0 Å². The second kappa shape index (κ2) is 7.75. The molecule has 0 spiro atoms. The molecule has 0 amide bonds. The molecule has 1 atom stereocenters. The maximum Gasteiger partial charge on any atom is 0.206 e. The van der Waals surface area contributed by atoms with Gasteiger partial charge in [0.05, 0.1) is 5.25 Å². The fourth-order valence-electron chi connectivity index (χ4n) is 2.14.